The number of thiophene rings is 1. The van der Waals surface area contributed by atoms with E-state index in [9.17, 15) is 0 Å². The molecule has 0 aromatic carbocycles. The van der Waals surface area contributed by atoms with Gasteiger partial charge in [-0.25, -0.2) is 0 Å². The van der Waals surface area contributed by atoms with E-state index in [1.807, 2.05) is 11.3 Å². The van der Waals surface area contributed by atoms with Crippen LogP contribution in [0.3, 0.4) is 0 Å². The van der Waals surface area contributed by atoms with E-state index in [0.717, 1.165) is 0 Å². The second-order valence-corrected chi connectivity index (χ2v) is 6.76. The average molecular weight is 286 g/mol. The largest absolute Gasteiger partial charge is 0.321 e. The third-order valence-electron chi connectivity index (χ3n) is 3.80. The van der Waals surface area contributed by atoms with E-state index in [2.05, 4.69) is 15.9 Å². The standard InChI is InChI=1S/C12H16BrNS/c13-10-8-4-3-5-9(8)15-11(10)12(14)6-1-2-7-12/h1-7,14H2. The maximum absolute atomic E-state index is 6.52. The Labute approximate surface area is 103 Å². The molecule has 15 heavy (non-hydrogen) atoms. The number of halogens is 1. The molecule has 1 heterocycles. The zero-order valence-electron chi connectivity index (χ0n) is 8.81. The van der Waals surface area contributed by atoms with Crippen LogP contribution in [0.2, 0.25) is 0 Å². The average Bonchev–Trinajstić information content (AvgIpc) is 2.85. The molecule has 2 aliphatic carbocycles. The lowest BCUT2D eigenvalue weighted by Gasteiger charge is -2.23. The molecule has 2 aliphatic rings. The van der Waals surface area contributed by atoms with E-state index in [0.29, 0.717) is 0 Å². The molecule has 0 atom stereocenters. The molecule has 0 aliphatic heterocycles. The minimum atomic E-state index is -0.00611. The second kappa shape index (κ2) is 3.57. The third-order valence-corrected chi connectivity index (χ3v) is 6.45. The van der Waals surface area contributed by atoms with Gasteiger partial charge in [0.15, 0.2) is 0 Å². The van der Waals surface area contributed by atoms with E-state index in [-0.39, 0.29) is 5.54 Å². The van der Waals surface area contributed by atoms with Crippen LogP contribution in [0, 0.1) is 0 Å². The van der Waals surface area contributed by atoms with Crippen LogP contribution in [-0.4, -0.2) is 0 Å². The molecule has 0 saturated heterocycles. The highest BCUT2D eigenvalue weighted by molar-refractivity contribution is 9.10. The van der Waals surface area contributed by atoms with Crippen molar-refractivity contribution in [1.82, 2.24) is 0 Å². The topological polar surface area (TPSA) is 26.0 Å². The Bertz CT molecular complexity index is 391. The molecular formula is C12H16BrNS. The summed E-state index contributed by atoms with van der Waals surface area (Å²) in [6, 6.07) is 0. The Hall–Kier alpha value is 0.140. The Balaban J connectivity index is 2.05. The van der Waals surface area contributed by atoms with Gasteiger partial charge >= 0.3 is 0 Å². The molecule has 0 unspecified atom stereocenters. The molecule has 3 rings (SSSR count). The fourth-order valence-corrected chi connectivity index (χ4v) is 5.57. The van der Waals surface area contributed by atoms with Crippen LogP contribution in [0.25, 0.3) is 0 Å². The Morgan fingerprint density at radius 2 is 1.87 bits per heavy atom. The lowest BCUT2D eigenvalue weighted by Crippen LogP contribution is -2.32. The third kappa shape index (κ3) is 1.51. The quantitative estimate of drug-likeness (QED) is 0.836. The summed E-state index contributed by atoms with van der Waals surface area (Å²) in [5.74, 6) is 0. The van der Waals surface area contributed by atoms with Crippen LogP contribution in [0.15, 0.2) is 4.47 Å². The van der Waals surface area contributed by atoms with Crippen LogP contribution in [0.1, 0.15) is 47.4 Å². The number of hydrogen-bond donors (Lipinski definition) is 1. The Morgan fingerprint density at radius 3 is 2.53 bits per heavy atom. The second-order valence-electron chi connectivity index (χ2n) is 4.86. The van der Waals surface area contributed by atoms with Crippen molar-refractivity contribution in [2.75, 3.05) is 0 Å². The molecule has 3 heteroatoms. The summed E-state index contributed by atoms with van der Waals surface area (Å²) in [7, 11) is 0. The zero-order valence-corrected chi connectivity index (χ0v) is 11.2. The van der Waals surface area contributed by atoms with Gasteiger partial charge in [-0.1, -0.05) is 12.8 Å². The molecular weight excluding hydrogens is 270 g/mol. The van der Waals surface area contributed by atoms with Crippen LogP contribution in [0.5, 0.6) is 0 Å². The highest BCUT2D eigenvalue weighted by Crippen LogP contribution is 2.48. The van der Waals surface area contributed by atoms with Gasteiger partial charge in [-0.2, -0.15) is 0 Å². The normalized spacial score (nSPS) is 23.3. The molecule has 1 nitrogen and oxygen atoms in total. The van der Waals surface area contributed by atoms with Crippen molar-refractivity contribution < 1.29 is 0 Å². The van der Waals surface area contributed by atoms with E-state index < -0.39 is 0 Å². The monoisotopic (exact) mass is 285 g/mol. The van der Waals surface area contributed by atoms with Crippen LogP contribution in [-0.2, 0) is 18.4 Å². The molecule has 1 aromatic heterocycles. The molecule has 0 spiro atoms. The molecule has 2 N–H and O–H groups in total. The SMILES string of the molecule is NC1(c2sc3c(c2Br)CCC3)CCCC1. The molecule has 0 radical (unpaired) electrons. The minimum Gasteiger partial charge on any atom is -0.321 e. The van der Waals surface area contributed by atoms with E-state index >= 15 is 0 Å². The van der Waals surface area contributed by atoms with Gasteiger partial charge in [-0.05, 0) is 53.6 Å². The van der Waals surface area contributed by atoms with Gasteiger partial charge in [0.2, 0.25) is 0 Å². The Kier molecular flexibility index (Phi) is 2.45. The van der Waals surface area contributed by atoms with Crippen molar-refractivity contribution in [2.45, 2.75) is 50.5 Å². The first kappa shape index (κ1) is 10.3. The van der Waals surface area contributed by atoms with Crippen molar-refractivity contribution >= 4 is 27.3 Å². The first-order valence-corrected chi connectivity index (χ1v) is 7.41. The molecule has 0 bridgehead atoms. The molecule has 1 fully saturated rings. The molecule has 0 amide bonds. The summed E-state index contributed by atoms with van der Waals surface area (Å²) in [6.07, 6.45) is 8.79. The zero-order chi connectivity index (χ0) is 10.5. The first-order chi connectivity index (χ1) is 7.21. The van der Waals surface area contributed by atoms with Gasteiger partial charge in [0.1, 0.15) is 0 Å². The van der Waals surface area contributed by atoms with Gasteiger partial charge in [0.25, 0.3) is 0 Å². The van der Waals surface area contributed by atoms with Crippen molar-refractivity contribution in [2.24, 2.45) is 5.73 Å². The minimum absolute atomic E-state index is 0.00611. The van der Waals surface area contributed by atoms with E-state index in [1.54, 1.807) is 10.4 Å². The molecule has 1 aromatic rings. The van der Waals surface area contributed by atoms with E-state index in [4.69, 9.17) is 5.73 Å². The van der Waals surface area contributed by atoms with Crippen molar-refractivity contribution in [1.29, 1.82) is 0 Å². The molecule has 1 saturated carbocycles. The summed E-state index contributed by atoms with van der Waals surface area (Å²) in [5, 5.41) is 0. The van der Waals surface area contributed by atoms with Crippen LogP contribution >= 0.6 is 27.3 Å². The summed E-state index contributed by atoms with van der Waals surface area (Å²) < 4.78 is 1.35. The number of nitrogens with two attached hydrogens (primary N) is 1. The smallest absolute Gasteiger partial charge is 0.0515 e. The predicted molar refractivity (Wildman–Crippen MR) is 68.4 cm³/mol. The van der Waals surface area contributed by atoms with Crippen molar-refractivity contribution in [3.05, 3.63) is 19.8 Å². The van der Waals surface area contributed by atoms with Crippen LogP contribution < -0.4 is 5.73 Å². The highest BCUT2D eigenvalue weighted by atomic mass is 79.9. The maximum Gasteiger partial charge on any atom is 0.0515 e. The molecule has 82 valence electrons. The highest BCUT2D eigenvalue weighted by Gasteiger charge is 2.36. The van der Waals surface area contributed by atoms with Gasteiger partial charge in [-0.3, -0.25) is 0 Å². The number of aryl methyl sites for hydroxylation is 1. The lowest BCUT2D eigenvalue weighted by atomic mass is 9.96. The summed E-state index contributed by atoms with van der Waals surface area (Å²) >= 11 is 5.75. The van der Waals surface area contributed by atoms with Crippen LogP contribution in [0.4, 0.5) is 0 Å². The number of rotatable bonds is 1. The first-order valence-electron chi connectivity index (χ1n) is 5.80. The van der Waals surface area contributed by atoms with Gasteiger partial charge in [0, 0.05) is 14.2 Å². The summed E-state index contributed by atoms with van der Waals surface area (Å²) in [4.78, 5) is 3.03. The Morgan fingerprint density at radius 1 is 1.13 bits per heavy atom. The fraction of sp³-hybridized carbons (Fsp3) is 0.667. The fourth-order valence-electron chi connectivity index (χ4n) is 2.92. The summed E-state index contributed by atoms with van der Waals surface area (Å²) in [6.45, 7) is 0. The van der Waals surface area contributed by atoms with Gasteiger partial charge < -0.3 is 5.73 Å². The number of hydrogen-bond acceptors (Lipinski definition) is 2. The summed E-state index contributed by atoms with van der Waals surface area (Å²) in [5.41, 5.74) is 8.08. The van der Waals surface area contributed by atoms with Gasteiger partial charge in [0.05, 0.1) is 5.54 Å². The van der Waals surface area contributed by atoms with Crippen molar-refractivity contribution in [3.63, 3.8) is 0 Å². The maximum atomic E-state index is 6.52. The van der Waals surface area contributed by atoms with Crippen molar-refractivity contribution in [3.8, 4) is 0 Å². The van der Waals surface area contributed by atoms with E-state index in [1.165, 1.54) is 54.3 Å². The predicted octanol–water partition coefficient (Wildman–Crippen LogP) is 3.73. The lowest BCUT2D eigenvalue weighted by molar-refractivity contribution is 0.469. The number of fused-ring (bicyclic) bond motifs is 1. The van der Waals surface area contributed by atoms with Gasteiger partial charge in [-0.15, -0.1) is 11.3 Å².